The van der Waals surface area contributed by atoms with Crippen molar-refractivity contribution in [3.63, 3.8) is 0 Å². The molecule has 82 valence electrons. The number of aldehydes is 1. The summed E-state index contributed by atoms with van der Waals surface area (Å²) in [5, 5.41) is 0. The molecule has 1 aromatic carbocycles. The predicted molar refractivity (Wildman–Crippen MR) is 65.1 cm³/mol. The van der Waals surface area contributed by atoms with E-state index in [0.29, 0.717) is 17.1 Å². The zero-order valence-corrected chi connectivity index (χ0v) is 11.5. The van der Waals surface area contributed by atoms with Gasteiger partial charge in [0.25, 0.3) is 0 Å². The fraction of sp³-hybridized carbons (Fsp3) is 0.300. The van der Waals surface area contributed by atoms with E-state index in [1.165, 1.54) is 0 Å². The van der Waals surface area contributed by atoms with E-state index in [4.69, 9.17) is 9.47 Å². The summed E-state index contributed by atoms with van der Waals surface area (Å²) >= 11 is 6.52. The van der Waals surface area contributed by atoms with Crippen molar-refractivity contribution in [2.24, 2.45) is 0 Å². The number of benzene rings is 1. The van der Waals surface area contributed by atoms with Gasteiger partial charge in [0, 0.05) is 0 Å². The van der Waals surface area contributed by atoms with E-state index < -0.39 is 3.23 Å². The van der Waals surface area contributed by atoms with Crippen LogP contribution in [0.1, 0.15) is 5.56 Å². The third-order valence-corrected chi connectivity index (χ3v) is 3.08. The average Bonchev–Trinajstić information content (AvgIpc) is 2.27. The summed E-state index contributed by atoms with van der Waals surface area (Å²) in [4.78, 5) is 11.0. The maximum absolute atomic E-state index is 11.0. The summed E-state index contributed by atoms with van der Waals surface area (Å²) in [7, 11) is 3.08. The van der Waals surface area contributed by atoms with Crippen LogP contribution in [0.5, 0.6) is 11.5 Å². The highest BCUT2D eigenvalue weighted by molar-refractivity contribution is 9.25. The largest absolute Gasteiger partial charge is 0.496 e. The highest BCUT2D eigenvalue weighted by Gasteiger charge is 2.31. The summed E-state index contributed by atoms with van der Waals surface area (Å²) in [6.45, 7) is 0. The average molecular weight is 338 g/mol. The van der Waals surface area contributed by atoms with Crippen LogP contribution in [0.4, 0.5) is 0 Å². The topological polar surface area (TPSA) is 35.5 Å². The van der Waals surface area contributed by atoms with Gasteiger partial charge in [0.15, 0.2) is 9.52 Å². The Morgan fingerprint density at radius 3 is 2.00 bits per heavy atom. The van der Waals surface area contributed by atoms with Crippen LogP contribution < -0.4 is 9.47 Å². The molecule has 0 aliphatic carbocycles. The van der Waals surface area contributed by atoms with Crippen LogP contribution in [-0.2, 0) is 8.03 Å². The summed E-state index contributed by atoms with van der Waals surface area (Å²) in [5.74, 6) is 1.16. The smallest absolute Gasteiger partial charge is 0.167 e. The number of hydrogen-bond donors (Lipinski definition) is 0. The zero-order chi connectivity index (χ0) is 11.5. The van der Waals surface area contributed by atoms with Crippen molar-refractivity contribution in [1.29, 1.82) is 0 Å². The molecule has 5 heteroatoms. The first kappa shape index (κ1) is 12.5. The molecule has 0 heterocycles. The Morgan fingerprint density at radius 1 is 1.20 bits per heavy atom. The number of ether oxygens (including phenoxy) is 2. The van der Waals surface area contributed by atoms with Gasteiger partial charge in [-0.2, -0.15) is 0 Å². The molecule has 1 aromatic rings. The van der Waals surface area contributed by atoms with E-state index in [2.05, 4.69) is 31.9 Å². The van der Waals surface area contributed by atoms with Gasteiger partial charge in [-0.15, -0.1) is 0 Å². The van der Waals surface area contributed by atoms with Crippen molar-refractivity contribution in [3.8, 4) is 11.5 Å². The normalized spacial score (nSPS) is 10.9. The standard InChI is InChI=1S/C10H10Br2O3/c1-14-7-4-3-5-8(15-2)9(7)10(11,12)6-13/h3-6H,1-2H3. The summed E-state index contributed by atoms with van der Waals surface area (Å²) in [6.07, 6.45) is 0.730. The molecule has 3 nitrogen and oxygen atoms in total. The lowest BCUT2D eigenvalue weighted by atomic mass is 10.1. The first-order valence-corrected chi connectivity index (χ1v) is 5.71. The van der Waals surface area contributed by atoms with E-state index in [1.54, 1.807) is 32.4 Å². The van der Waals surface area contributed by atoms with E-state index >= 15 is 0 Å². The minimum atomic E-state index is -0.988. The molecule has 0 fully saturated rings. The van der Waals surface area contributed by atoms with Crippen molar-refractivity contribution in [2.75, 3.05) is 14.2 Å². The Morgan fingerprint density at radius 2 is 1.67 bits per heavy atom. The van der Waals surface area contributed by atoms with Gasteiger partial charge in [0.2, 0.25) is 0 Å². The Labute approximate surface area is 105 Å². The van der Waals surface area contributed by atoms with Gasteiger partial charge in [-0.3, -0.25) is 0 Å². The minimum Gasteiger partial charge on any atom is -0.496 e. The second-order valence-electron chi connectivity index (χ2n) is 2.78. The van der Waals surface area contributed by atoms with Gasteiger partial charge in [-0.25, -0.2) is 0 Å². The molecule has 0 aliphatic heterocycles. The van der Waals surface area contributed by atoms with Crippen LogP contribution in [0.3, 0.4) is 0 Å². The van der Waals surface area contributed by atoms with E-state index in [-0.39, 0.29) is 0 Å². The van der Waals surface area contributed by atoms with Gasteiger partial charge < -0.3 is 14.3 Å². The second-order valence-corrected chi connectivity index (χ2v) is 6.34. The van der Waals surface area contributed by atoms with E-state index in [9.17, 15) is 4.79 Å². The maximum Gasteiger partial charge on any atom is 0.167 e. The number of halogens is 2. The van der Waals surface area contributed by atoms with Crippen molar-refractivity contribution in [3.05, 3.63) is 23.8 Å². The molecule has 0 spiro atoms. The van der Waals surface area contributed by atoms with Crippen LogP contribution >= 0.6 is 31.9 Å². The molecular formula is C10H10Br2O3. The quantitative estimate of drug-likeness (QED) is 0.626. The first-order chi connectivity index (χ1) is 7.06. The summed E-state index contributed by atoms with van der Waals surface area (Å²) in [5.41, 5.74) is 0.616. The fourth-order valence-electron chi connectivity index (χ4n) is 1.24. The van der Waals surface area contributed by atoms with Crippen molar-refractivity contribution < 1.29 is 14.3 Å². The highest BCUT2D eigenvalue weighted by Crippen LogP contribution is 2.45. The van der Waals surface area contributed by atoms with Gasteiger partial charge in [0.05, 0.1) is 19.8 Å². The molecule has 0 saturated heterocycles. The van der Waals surface area contributed by atoms with Crippen LogP contribution in [-0.4, -0.2) is 20.5 Å². The number of alkyl halides is 2. The number of hydrogen-bond acceptors (Lipinski definition) is 3. The summed E-state index contributed by atoms with van der Waals surface area (Å²) < 4.78 is 9.37. The number of rotatable bonds is 4. The Hall–Kier alpha value is -0.550. The SMILES string of the molecule is COc1cccc(OC)c1C(Br)(Br)C=O. The van der Waals surface area contributed by atoms with Crippen molar-refractivity contribution in [2.45, 2.75) is 3.23 Å². The maximum atomic E-state index is 11.0. The molecule has 0 amide bonds. The Kier molecular flexibility index (Phi) is 4.16. The number of methoxy groups -OCH3 is 2. The predicted octanol–water partition coefficient (Wildman–Crippen LogP) is 2.85. The molecule has 0 atom stereocenters. The molecule has 0 unspecified atom stereocenters. The molecule has 15 heavy (non-hydrogen) atoms. The van der Waals surface area contributed by atoms with E-state index in [0.717, 1.165) is 6.29 Å². The lowest BCUT2D eigenvalue weighted by molar-refractivity contribution is -0.108. The highest BCUT2D eigenvalue weighted by atomic mass is 79.9. The monoisotopic (exact) mass is 336 g/mol. The number of carbonyl (C=O) groups excluding carboxylic acids is 1. The second kappa shape index (κ2) is 4.99. The zero-order valence-electron chi connectivity index (χ0n) is 8.29. The van der Waals surface area contributed by atoms with Crippen molar-refractivity contribution >= 4 is 38.1 Å². The molecular weight excluding hydrogens is 328 g/mol. The molecule has 0 N–H and O–H groups in total. The first-order valence-electron chi connectivity index (χ1n) is 4.12. The van der Waals surface area contributed by atoms with Gasteiger partial charge >= 0.3 is 0 Å². The van der Waals surface area contributed by atoms with Crippen LogP contribution in [0, 0.1) is 0 Å². The van der Waals surface area contributed by atoms with Crippen LogP contribution in [0.2, 0.25) is 0 Å². The minimum absolute atomic E-state index is 0.579. The van der Waals surface area contributed by atoms with Gasteiger partial charge in [-0.1, -0.05) is 37.9 Å². The third-order valence-electron chi connectivity index (χ3n) is 1.91. The molecule has 0 aliphatic rings. The molecule has 0 saturated carbocycles. The Balaban J connectivity index is 3.40. The summed E-state index contributed by atoms with van der Waals surface area (Å²) in [6, 6.07) is 5.32. The molecule has 0 radical (unpaired) electrons. The van der Waals surface area contributed by atoms with Gasteiger partial charge in [0.1, 0.15) is 11.5 Å². The fourth-order valence-corrected chi connectivity index (χ4v) is 2.02. The van der Waals surface area contributed by atoms with Crippen molar-refractivity contribution in [1.82, 2.24) is 0 Å². The van der Waals surface area contributed by atoms with E-state index in [1.807, 2.05) is 0 Å². The molecule has 0 bridgehead atoms. The molecule has 0 aromatic heterocycles. The van der Waals surface area contributed by atoms with Crippen LogP contribution in [0.25, 0.3) is 0 Å². The Bertz CT molecular complexity index is 341. The number of carbonyl (C=O) groups is 1. The lowest BCUT2D eigenvalue weighted by Crippen LogP contribution is -2.13. The third kappa shape index (κ3) is 2.52. The lowest BCUT2D eigenvalue weighted by Gasteiger charge is -2.19. The van der Waals surface area contributed by atoms with Crippen LogP contribution in [0.15, 0.2) is 18.2 Å². The van der Waals surface area contributed by atoms with Gasteiger partial charge in [-0.05, 0) is 12.1 Å². The molecule has 1 rings (SSSR count).